The Labute approximate surface area is 206 Å². The number of alkyl halides is 1. The topological polar surface area (TPSA) is 74.3 Å². The average molecular weight is 492 g/mol. The molecule has 8 heteroatoms. The van der Waals surface area contributed by atoms with Crippen LogP contribution in [-0.2, 0) is 9.47 Å². The molecule has 0 atom stereocenters. The number of methoxy groups -OCH3 is 2. The van der Waals surface area contributed by atoms with Gasteiger partial charge in [0.15, 0.2) is 0 Å². The van der Waals surface area contributed by atoms with Gasteiger partial charge in [-0.05, 0) is 56.1 Å². The molecule has 0 radical (unpaired) electrons. The monoisotopic (exact) mass is 491 g/mol. The first kappa shape index (κ1) is 27.5. The van der Waals surface area contributed by atoms with Gasteiger partial charge in [0.1, 0.15) is 35.8 Å². The van der Waals surface area contributed by atoms with Gasteiger partial charge in [0.2, 0.25) is 0 Å². The van der Waals surface area contributed by atoms with E-state index < -0.39 is 5.97 Å². The summed E-state index contributed by atoms with van der Waals surface area (Å²) in [5, 5.41) is 0. The molecule has 1 aliphatic rings. The number of carbonyl (C=O) groups is 2. The van der Waals surface area contributed by atoms with Crippen molar-refractivity contribution in [2.24, 2.45) is 5.92 Å². The van der Waals surface area contributed by atoms with Crippen molar-refractivity contribution in [2.45, 2.75) is 19.8 Å². The van der Waals surface area contributed by atoms with Crippen molar-refractivity contribution >= 4 is 23.5 Å². The van der Waals surface area contributed by atoms with Crippen molar-refractivity contribution in [2.75, 3.05) is 52.9 Å². The largest absolute Gasteiger partial charge is 0.491 e. The number of ether oxygens (including phenoxy) is 4. The summed E-state index contributed by atoms with van der Waals surface area (Å²) in [4.78, 5) is 25.3. The van der Waals surface area contributed by atoms with Crippen molar-refractivity contribution in [3.63, 3.8) is 0 Å². The first-order valence-corrected chi connectivity index (χ1v) is 11.9. The highest BCUT2D eigenvalue weighted by Crippen LogP contribution is 2.20. The zero-order valence-corrected chi connectivity index (χ0v) is 20.9. The Morgan fingerprint density at radius 3 is 1.79 bits per heavy atom. The quantitative estimate of drug-likeness (QED) is 0.372. The highest BCUT2D eigenvalue weighted by molar-refractivity contribution is 6.18. The van der Waals surface area contributed by atoms with Gasteiger partial charge in [-0.25, -0.2) is 9.59 Å². The molecule has 0 spiro atoms. The molecule has 1 saturated heterocycles. The highest BCUT2D eigenvalue weighted by Gasteiger charge is 2.16. The van der Waals surface area contributed by atoms with Gasteiger partial charge < -0.3 is 18.9 Å². The standard InChI is InChI=1S/C16H23NO3.C10H11ClO3/c1-13-7-9-17(10-8-13)11-12-20-15-6-4-3-5-14(15)16(18)19-2;1-13-10(12)8-4-2-3-5-9(8)14-7-6-11/h3-6,13H,7-12H2,1-2H3;2-5H,6-7H2,1H3. The van der Waals surface area contributed by atoms with Gasteiger partial charge in [-0.15, -0.1) is 11.6 Å². The molecule has 2 aromatic carbocycles. The van der Waals surface area contributed by atoms with Gasteiger partial charge in [0.05, 0.1) is 20.1 Å². The lowest BCUT2D eigenvalue weighted by atomic mass is 9.99. The van der Waals surface area contributed by atoms with Crippen LogP contribution >= 0.6 is 11.6 Å². The molecule has 2 aromatic rings. The number of esters is 2. The Morgan fingerprint density at radius 2 is 1.32 bits per heavy atom. The number of rotatable bonds is 9. The first-order valence-electron chi connectivity index (χ1n) is 11.4. The zero-order valence-electron chi connectivity index (χ0n) is 20.1. The summed E-state index contributed by atoms with van der Waals surface area (Å²) in [6.07, 6.45) is 2.53. The number of carbonyl (C=O) groups excluding carboxylic acids is 2. The van der Waals surface area contributed by atoms with Gasteiger partial charge in [-0.2, -0.15) is 0 Å². The fourth-order valence-electron chi connectivity index (χ4n) is 3.46. The molecule has 186 valence electrons. The van der Waals surface area contributed by atoms with Crippen molar-refractivity contribution in [3.8, 4) is 11.5 Å². The van der Waals surface area contributed by atoms with Crippen LogP contribution in [0.1, 0.15) is 40.5 Å². The van der Waals surface area contributed by atoms with E-state index >= 15 is 0 Å². The van der Waals surface area contributed by atoms with E-state index in [2.05, 4.69) is 16.6 Å². The third-order valence-corrected chi connectivity index (χ3v) is 5.62. The lowest BCUT2D eigenvalue weighted by molar-refractivity contribution is 0.0586. The molecule has 0 unspecified atom stereocenters. The zero-order chi connectivity index (χ0) is 24.8. The summed E-state index contributed by atoms with van der Waals surface area (Å²) >= 11 is 5.48. The summed E-state index contributed by atoms with van der Waals surface area (Å²) < 4.78 is 20.4. The number of benzene rings is 2. The number of para-hydroxylation sites is 2. The average Bonchev–Trinajstić information content (AvgIpc) is 2.88. The summed E-state index contributed by atoms with van der Waals surface area (Å²) in [6, 6.07) is 14.1. The molecule has 1 aliphatic heterocycles. The summed E-state index contributed by atoms with van der Waals surface area (Å²) in [5.41, 5.74) is 0.905. The predicted molar refractivity (Wildman–Crippen MR) is 132 cm³/mol. The van der Waals surface area contributed by atoms with E-state index in [0.29, 0.717) is 41.7 Å². The van der Waals surface area contributed by atoms with E-state index in [-0.39, 0.29) is 5.97 Å². The molecule has 7 nitrogen and oxygen atoms in total. The van der Waals surface area contributed by atoms with E-state index in [1.54, 1.807) is 30.3 Å². The number of nitrogens with zero attached hydrogens (tertiary/aromatic N) is 1. The Hall–Kier alpha value is -2.77. The van der Waals surface area contributed by atoms with Gasteiger partial charge in [0, 0.05) is 6.54 Å². The normalized spacial score (nSPS) is 13.9. The molecule has 0 saturated carbocycles. The van der Waals surface area contributed by atoms with E-state index in [4.69, 9.17) is 25.8 Å². The third kappa shape index (κ3) is 8.88. The minimum atomic E-state index is -0.407. The van der Waals surface area contributed by atoms with Crippen LogP contribution in [0.5, 0.6) is 11.5 Å². The number of hydrogen-bond acceptors (Lipinski definition) is 7. The fourth-order valence-corrected chi connectivity index (χ4v) is 3.54. The van der Waals surface area contributed by atoms with Gasteiger partial charge in [0.25, 0.3) is 0 Å². The molecule has 1 fully saturated rings. The molecule has 0 aromatic heterocycles. The minimum absolute atomic E-state index is 0.354. The van der Waals surface area contributed by atoms with Crippen LogP contribution in [0, 0.1) is 5.92 Å². The number of halogens is 1. The van der Waals surface area contributed by atoms with Crippen LogP contribution in [0.2, 0.25) is 0 Å². The van der Waals surface area contributed by atoms with E-state index in [9.17, 15) is 9.59 Å². The third-order valence-electron chi connectivity index (χ3n) is 5.46. The van der Waals surface area contributed by atoms with Crippen molar-refractivity contribution < 1.29 is 28.5 Å². The summed E-state index contributed by atoms with van der Waals surface area (Å²) in [5.74, 6) is 1.56. The summed E-state index contributed by atoms with van der Waals surface area (Å²) in [7, 11) is 2.72. The van der Waals surface area contributed by atoms with E-state index in [1.165, 1.54) is 27.1 Å². The Balaban J connectivity index is 0.000000257. The molecule has 0 N–H and O–H groups in total. The minimum Gasteiger partial charge on any atom is -0.491 e. The highest BCUT2D eigenvalue weighted by atomic mass is 35.5. The number of piperidine rings is 1. The van der Waals surface area contributed by atoms with E-state index in [0.717, 1.165) is 25.6 Å². The van der Waals surface area contributed by atoms with Crippen LogP contribution in [0.3, 0.4) is 0 Å². The second-order valence-electron chi connectivity index (χ2n) is 7.89. The number of hydrogen-bond donors (Lipinski definition) is 0. The smallest absolute Gasteiger partial charge is 0.341 e. The maximum absolute atomic E-state index is 11.6. The Bertz CT molecular complexity index is 898. The first-order chi connectivity index (χ1) is 16.5. The molecule has 0 aliphatic carbocycles. The van der Waals surface area contributed by atoms with Gasteiger partial charge in [-0.1, -0.05) is 31.2 Å². The van der Waals surface area contributed by atoms with Crippen LogP contribution < -0.4 is 9.47 Å². The maximum atomic E-state index is 11.6. The van der Waals surface area contributed by atoms with Crippen LogP contribution in [0.15, 0.2) is 48.5 Å². The maximum Gasteiger partial charge on any atom is 0.341 e. The number of likely N-dealkylation sites (tertiary alicyclic amines) is 1. The predicted octanol–water partition coefficient (Wildman–Crippen LogP) is 4.67. The second-order valence-corrected chi connectivity index (χ2v) is 8.26. The molecule has 0 bridgehead atoms. The van der Waals surface area contributed by atoms with E-state index in [1.807, 2.05) is 18.2 Å². The molecule has 34 heavy (non-hydrogen) atoms. The van der Waals surface area contributed by atoms with Crippen molar-refractivity contribution in [1.29, 1.82) is 0 Å². The molecule has 3 rings (SSSR count). The Kier molecular flexibility index (Phi) is 12.3. The van der Waals surface area contributed by atoms with Crippen LogP contribution in [-0.4, -0.2) is 69.8 Å². The van der Waals surface area contributed by atoms with Gasteiger partial charge >= 0.3 is 11.9 Å². The molecule has 0 amide bonds. The van der Waals surface area contributed by atoms with Crippen LogP contribution in [0.25, 0.3) is 0 Å². The fraction of sp³-hybridized carbons (Fsp3) is 0.462. The lowest BCUT2D eigenvalue weighted by Crippen LogP contribution is -2.35. The Morgan fingerprint density at radius 1 is 0.853 bits per heavy atom. The van der Waals surface area contributed by atoms with Gasteiger partial charge in [-0.3, -0.25) is 4.90 Å². The van der Waals surface area contributed by atoms with Crippen molar-refractivity contribution in [1.82, 2.24) is 4.90 Å². The van der Waals surface area contributed by atoms with Crippen LogP contribution in [0.4, 0.5) is 0 Å². The van der Waals surface area contributed by atoms with Crippen molar-refractivity contribution in [3.05, 3.63) is 59.7 Å². The lowest BCUT2D eigenvalue weighted by Gasteiger charge is -2.30. The SMILES string of the molecule is COC(=O)c1ccccc1OCCCl.COC(=O)c1ccccc1OCCN1CCC(C)CC1. The summed E-state index contributed by atoms with van der Waals surface area (Å²) in [6.45, 7) is 6.47. The molecular weight excluding hydrogens is 458 g/mol. The molecular formula is C26H34ClNO6. The second kappa shape index (κ2) is 15.2. The molecule has 1 heterocycles.